The largest absolute Gasteiger partial charge is 0.468 e. The first kappa shape index (κ1) is 10.7. The van der Waals surface area contributed by atoms with Gasteiger partial charge in [0, 0.05) is 0 Å². The minimum absolute atomic E-state index is 0.0287. The molecule has 4 nitrogen and oxygen atoms in total. The fraction of sp³-hybridized carbons (Fsp3) is 0.250. The summed E-state index contributed by atoms with van der Waals surface area (Å²) in [5, 5.41) is 0. The van der Waals surface area contributed by atoms with Gasteiger partial charge in [0.05, 0.1) is 25.6 Å². The van der Waals surface area contributed by atoms with Crippen LogP contribution in [0.4, 0.5) is 0 Å². The number of furan rings is 2. The third-order valence-electron chi connectivity index (χ3n) is 2.22. The van der Waals surface area contributed by atoms with E-state index in [0.29, 0.717) is 18.8 Å². The highest BCUT2D eigenvalue weighted by Gasteiger charge is 2.12. The molecule has 0 aliphatic heterocycles. The van der Waals surface area contributed by atoms with Gasteiger partial charge >= 0.3 is 0 Å². The van der Waals surface area contributed by atoms with E-state index in [-0.39, 0.29) is 5.78 Å². The summed E-state index contributed by atoms with van der Waals surface area (Å²) in [6.45, 7) is 0.924. The third kappa shape index (κ3) is 2.61. The van der Waals surface area contributed by atoms with Gasteiger partial charge in [-0.15, -0.1) is 0 Å². The van der Waals surface area contributed by atoms with Crippen molar-refractivity contribution in [2.45, 2.75) is 6.54 Å². The molecule has 0 amide bonds. The fourth-order valence-corrected chi connectivity index (χ4v) is 1.48. The van der Waals surface area contributed by atoms with Crippen molar-refractivity contribution in [2.24, 2.45) is 0 Å². The first-order valence-electron chi connectivity index (χ1n) is 5.03. The second-order valence-electron chi connectivity index (χ2n) is 3.65. The van der Waals surface area contributed by atoms with Crippen LogP contribution in [0.25, 0.3) is 0 Å². The number of nitrogens with zero attached hydrogens (tertiary/aromatic N) is 1. The summed E-state index contributed by atoms with van der Waals surface area (Å²) in [6.07, 6.45) is 3.12. The van der Waals surface area contributed by atoms with Crippen LogP contribution in [0.1, 0.15) is 16.3 Å². The van der Waals surface area contributed by atoms with Crippen molar-refractivity contribution in [2.75, 3.05) is 13.6 Å². The molecule has 0 unspecified atom stereocenters. The molecule has 0 saturated carbocycles. The van der Waals surface area contributed by atoms with Crippen molar-refractivity contribution >= 4 is 5.78 Å². The van der Waals surface area contributed by atoms with Gasteiger partial charge in [-0.05, 0) is 31.3 Å². The Balaban J connectivity index is 1.88. The van der Waals surface area contributed by atoms with E-state index in [1.807, 2.05) is 24.1 Å². The maximum Gasteiger partial charge on any atom is 0.211 e. The van der Waals surface area contributed by atoms with E-state index in [4.69, 9.17) is 8.83 Å². The molecule has 84 valence electrons. The van der Waals surface area contributed by atoms with Crippen molar-refractivity contribution in [3.8, 4) is 0 Å². The van der Waals surface area contributed by atoms with E-state index >= 15 is 0 Å². The Kier molecular flexibility index (Phi) is 3.22. The molecular weight excluding hydrogens is 206 g/mol. The molecule has 4 heteroatoms. The molecule has 0 atom stereocenters. The third-order valence-corrected chi connectivity index (χ3v) is 2.22. The van der Waals surface area contributed by atoms with E-state index in [1.165, 1.54) is 6.26 Å². The summed E-state index contributed by atoms with van der Waals surface area (Å²) < 4.78 is 10.2. The molecule has 2 rings (SSSR count). The number of Topliss-reactive ketones (excluding diaryl/α,β-unsaturated/α-hetero) is 1. The Morgan fingerprint density at radius 1 is 1.25 bits per heavy atom. The van der Waals surface area contributed by atoms with Gasteiger partial charge in [0.2, 0.25) is 5.78 Å². The average Bonchev–Trinajstić information content (AvgIpc) is 2.88. The summed E-state index contributed by atoms with van der Waals surface area (Å²) in [5.74, 6) is 1.21. The number of hydrogen-bond donors (Lipinski definition) is 0. The lowest BCUT2D eigenvalue weighted by atomic mass is 10.3. The molecule has 0 radical (unpaired) electrons. The molecule has 2 aromatic rings. The summed E-state index contributed by atoms with van der Waals surface area (Å²) in [4.78, 5) is 13.6. The zero-order valence-corrected chi connectivity index (χ0v) is 9.05. The van der Waals surface area contributed by atoms with E-state index in [1.54, 1.807) is 18.4 Å². The molecule has 2 aromatic heterocycles. The number of carbonyl (C=O) groups excluding carboxylic acids is 1. The predicted octanol–water partition coefficient (Wildman–Crippen LogP) is 2.19. The van der Waals surface area contributed by atoms with Crippen molar-refractivity contribution < 1.29 is 13.6 Å². The second-order valence-corrected chi connectivity index (χ2v) is 3.65. The van der Waals surface area contributed by atoms with Crippen LogP contribution in [0.5, 0.6) is 0 Å². The number of carbonyl (C=O) groups is 1. The van der Waals surface area contributed by atoms with Gasteiger partial charge in [-0.1, -0.05) is 0 Å². The molecule has 0 aliphatic rings. The van der Waals surface area contributed by atoms with E-state index in [9.17, 15) is 4.79 Å². The van der Waals surface area contributed by atoms with Crippen LogP contribution in [0.3, 0.4) is 0 Å². The minimum Gasteiger partial charge on any atom is -0.468 e. The summed E-state index contributed by atoms with van der Waals surface area (Å²) >= 11 is 0. The van der Waals surface area contributed by atoms with Crippen LogP contribution in [-0.4, -0.2) is 24.3 Å². The summed E-state index contributed by atoms with van der Waals surface area (Å²) in [6, 6.07) is 7.09. The van der Waals surface area contributed by atoms with Gasteiger partial charge in [0.15, 0.2) is 5.76 Å². The highest BCUT2D eigenvalue weighted by molar-refractivity contribution is 5.94. The van der Waals surface area contributed by atoms with Crippen LogP contribution in [-0.2, 0) is 6.54 Å². The molecule has 16 heavy (non-hydrogen) atoms. The maximum absolute atomic E-state index is 11.7. The molecule has 0 fully saturated rings. The Labute approximate surface area is 93.5 Å². The molecular formula is C12H13NO3. The van der Waals surface area contributed by atoms with Gasteiger partial charge in [0.1, 0.15) is 5.76 Å². The lowest BCUT2D eigenvalue weighted by Gasteiger charge is -2.12. The quantitative estimate of drug-likeness (QED) is 0.723. The SMILES string of the molecule is CN(CC(=O)c1ccco1)Cc1ccco1. The minimum atomic E-state index is -0.0287. The molecule has 2 heterocycles. The van der Waals surface area contributed by atoms with Crippen molar-refractivity contribution in [3.05, 3.63) is 48.3 Å². The Morgan fingerprint density at radius 2 is 2.00 bits per heavy atom. The number of ketones is 1. The van der Waals surface area contributed by atoms with Crippen LogP contribution in [0.15, 0.2) is 45.6 Å². The van der Waals surface area contributed by atoms with Crippen LogP contribution in [0, 0.1) is 0 Å². The van der Waals surface area contributed by atoms with Gasteiger partial charge in [-0.2, -0.15) is 0 Å². The number of hydrogen-bond acceptors (Lipinski definition) is 4. The van der Waals surface area contributed by atoms with E-state index in [2.05, 4.69) is 0 Å². The Bertz CT molecular complexity index is 431. The highest BCUT2D eigenvalue weighted by atomic mass is 16.3. The van der Waals surface area contributed by atoms with Crippen LogP contribution >= 0.6 is 0 Å². The summed E-state index contributed by atoms with van der Waals surface area (Å²) in [7, 11) is 1.86. The number of rotatable bonds is 5. The fourth-order valence-electron chi connectivity index (χ4n) is 1.48. The predicted molar refractivity (Wildman–Crippen MR) is 58.1 cm³/mol. The first-order valence-corrected chi connectivity index (χ1v) is 5.03. The van der Waals surface area contributed by atoms with Gasteiger partial charge < -0.3 is 8.83 Å². The number of likely N-dealkylation sites (N-methyl/N-ethyl adjacent to an activating group) is 1. The lowest BCUT2D eigenvalue weighted by Crippen LogP contribution is -2.25. The van der Waals surface area contributed by atoms with Gasteiger partial charge in [0.25, 0.3) is 0 Å². The molecule has 0 aromatic carbocycles. The molecule has 0 aliphatic carbocycles. The van der Waals surface area contributed by atoms with Gasteiger partial charge in [-0.3, -0.25) is 9.69 Å². The van der Waals surface area contributed by atoms with Crippen molar-refractivity contribution in [3.63, 3.8) is 0 Å². The zero-order valence-electron chi connectivity index (χ0n) is 9.05. The molecule has 0 spiro atoms. The lowest BCUT2D eigenvalue weighted by molar-refractivity contribution is 0.0912. The zero-order chi connectivity index (χ0) is 11.4. The van der Waals surface area contributed by atoms with Crippen molar-refractivity contribution in [1.82, 2.24) is 4.90 Å². The normalized spacial score (nSPS) is 10.9. The van der Waals surface area contributed by atoms with Crippen LogP contribution < -0.4 is 0 Å². The molecule has 0 N–H and O–H groups in total. The molecule has 0 saturated heterocycles. The first-order chi connectivity index (χ1) is 7.75. The monoisotopic (exact) mass is 219 g/mol. The van der Waals surface area contributed by atoms with Crippen molar-refractivity contribution in [1.29, 1.82) is 0 Å². The molecule has 0 bridgehead atoms. The highest BCUT2D eigenvalue weighted by Crippen LogP contribution is 2.06. The van der Waals surface area contributed by atoms with E-state index in [0.717, 1.165) is 5.76 Å². The van der Waals surface area contributed by atoms with Crippen LogP contribution in [0.2, 0.25) is 0 Å². The smallest absolute Gasteiger partial charge is 0.211 e. The Hall–Kier alpha value is -1.81. The average molecular weight is 219 g/mol. The maximum atomic E-state index is 11.7. The summed E-state index contributed by atoms with van der Waals surface area (Å²) in [5.41, 5.74) is 0. The Morgan fingerprint density at radius 3 is 2.62 bits per heavy atom. The standard InChI is InChI=1S/C12H13NO3/c1-13(8-10-4-2-6-15-10)9-11(14)12-5-3-7-16-12/h2-7H,8-9H2,1H3. The topological polar surface area (TPSA) is 46.6 Å². The van der Waals surface area contributed by atoms with E-state index < -0.39 is 0 Å². The van der Waals surface area contributed by atoms with Gasteiger partial charge in [-0.25, -0.2) is 0 Å². The second kappa shape index (κ2) is 4.81.